The minimum atomic E-state index is -1.61. The Bertz CT molecular complexity index is 1140. The van der Waals surface area contributed by atoms with Gasteiger partial charge < -0.3 is 25.1 Å². The predicted molar refractivity (Wildman–Crippen MR) is 151 cm³/mol. The Balaban J connectivity index is 2.32. The molecular formula is C32H43NO4. The van der Waals surface area contributed by atoms with Crippen LogP contribution in [0.2, 0.25) is 0 Å². The Labute approximate surface area is 222 Å². The highest BCUT2D eigenvalue weighted by Gasteiger charge is 2.43. The van der Waals surface area contributed by atoms with Crippen LogP contribution in [0.15, 0.2) is 60.7 Å². The standard InChI is InChI=1S/C32H43NO4/c1-30(2,3)22-12-16-27(36-8)25(19-22)32(34,29(33)18-21-10-14-24(35-7)15-11-21)26-20-23(31(4,5)6)13-17-28(26)37-9/h10-17,19-20,29,34H,18,33H2,1-9H3. The Morgan fingerprint density at radius 1 is 0.676 bits per heavy atom. The van der Waals surface area contributed by atoms with Gasteiger partial charge in [0.05, 0.1) is 21.3 Å². The number of hydrogen-bond donors (Lipinski definition) is 2. The molecule has 3 rings (SSSR count). The lowest BCUT2D eigenvalue weighted by Crippen LogP contribution is -2.48. The molecule has 3 aromatic carbocycles. The second-order valence-electron chi connectivity index (χ2n) is 11.8. The van der Waals surface area contributed by atoms with E-state index < -0.39 is 11.6 Å². The van der Waals surface area contributed by atoms with Crippen LogP contribution in [-0.2, 0) is 22.9 Å². The van der Waals surface area contributed by atoms with Crippen LogP contribution < -0.4 is 19.9 Å². The van der Waals surface area contributed by atoms with Crippen molar-refractivity contribution < 1.29 is 19.3 Å². The molecular weight excluding hydrogens is 462 g/mol. The van der Waals surface area contributed by atoms with Crippen LogP contribution in [0.1, 0.15) is 69.4 Å². The molecule has 5 nitrogen and oxygen atoms in total. The quantitative estimate of drug-likeness (QED) is 0.386. The van der Waals surface area contributed by atoms with E-state index in [4.69, 9.17) is 19.9 Å². The van der Waals surface area contributed by atoms with Gasteiger partial charge in [-0.1, -0.05) is 65.8 Å². The Morgan fingerprint density at radius 3 is 1.46 bits per heavy atom. The number of nitrogens with two attached hydrogens (primary N) is 1. The summed E-state index contributed by atoms with van der Waals surface area (Å²) in [4.78, 5) is 0. The molecule has 200 valence electrons. The second-order valence-corrected chi connectivity index (χ2v) is 11.8. The van der Waals surface area contributed by atoms with Crippen LogP contribution in [0.5, 0.6) is 17.2 Å². The molecule has 5 heteroatoms. The fourth-order valence-electron chi connectivity index (χ4n) is 4.65. The zero-order valence-electron chi connectivity index (χ0n) is 23.8. The van der Waals surface area contributed by atoms with Crippen molar-refractivity contribution in [1.82, 2.24) is 0 Å². The minimum Gasteiger partial charge on any atom is -0.497 e. The second kappa shape index (κ2) is 10.8. The van der Waals surface area contributed by atoms with E-state index in [0.29, 0.717) is 29.0 Å². The lowest BCUT2D eigenvalue weighted by atomic mass is 9.73. The van der Waals surface area contributed by atoms with Crippen LogP contribution in [0.3, 0.4) is 0 Å². The van der Waals surface area contributed by atoms with Gasteiger partial charge in [0, 0.05) is 17.2 Å². The summed E-state index contributed by atoms with van der Waals surface area (Å²) in [6, 6.07) is 19.0. The molecule has 0 saturated carbocycles. The van der Waals surface area contributed by atoms with E-state index in [1.54, 1.807) is 21.3 Å². The Morgan fingerprint density at radius 2 is 1.11 bits per heavy atom. The highest BCUT2D eigenvalue weighted by atomic mass is 16.5. The number of rotatable bonds is 8. The van der Waals surface area contributed by atoms with Crippen molar-refractivity contribution in [3.8, 4) is 17.2 Å². The van der Waals surface area contributed by atoms with Crippen molar-refractivity contribution in [2.24, 2.45) is 5.73 Å². The maximum absolute atomic E-state index is 12.9. The number of benzene rings is 3. The lowest BCUT2D eigenvalue weighted by molar-refractivity contribution is 0.0464. The van der Waals surface area contributed by atoms with Gasteiger partial charge in [-0.3, -0.25) is 0 Å². The van der Waals surface area contributed by atoms with E-state index in [0.717, 1.165) is 22.4 Å². The van der Waals surface area contributed by atoms with Gasteiger partial charge >= 0.3 is 0 Å². The molecule has 1 atom stereocenters. The molecule has 0 fully saturated rings. The molecule has 0 radical (unpaired) electrons. The summed E-state index contributed by atoms with van der Waals surface area (Å²) in [6.45, 7) is 12.9. The summed E-state index contributed by atoms with van der Waals surface area (Å²) in [5, 5.41) is 12.9. The lowest BCUT2D eigenvalue weighted by Gasteiger charge is -2.38. The normalized spacial score (nSPS) is 13.3. The van der Waals surface area contributed by atoms with E-state index in [1.807, 2.05) is 60.7 Å². The van der Waals surface area contributed by atoms with Gasteiger partial charge in [-0.25, -0.2) is 0 Å². The first kappa shape index (κ1) is 28.5. The Kier molecular flexibility index (Phi) is 8.31. The molecule has 0 heterocycles. The van der Waals surface area contributed by atoms with Crippen molar-refractivity contribution in [2.45, 2.75) is 70.4 Å². The first-order chi connectivity index (χ1) is 17.2. The van der Waals surface area contributed by atoms with Gasteiger partial charge in [0.1, 0.15) is 22.8 Å². The SMILES string of the molecule is COc1ccc(CC(N)C(O)(c2cc(C(C)(C)C)ccc2OC)c2cc(C(C)(C)C)ccc2OC)cc1. The van der Waals surface area contributed by atoms with Gasteiger partial charge in [0.2, 0.25) is 0 Å². The van der Waals surface area contributed by atoms with Crippen LogP contribution in [0.25, 0.3) is 0 Å². The van der Waals surface area contributed by atoms with E-state index in [-0.39, 0.29) is 10.8 Å². The number of aliphatic hydroxyl groups is 1. The topological polar surface area (TPSA) is 73.9 Å². The summed E-state index contributed by atoms with van der Waals surface area (Å²) in [6.07, 6.45) is 0.423. The summed E-state index contributed by atoms with van der Waals surface area (Å²) >= 11 is 0. The fourth-order valence-corrected chi connectivity index (χ4v) is 4.65. The highest BCUT2D eigenvalue weighted by Crippen LogP contribution is 2.45. The average molecular weight is 506 g/mol. The first-order valence-electron chi connectivity index (χ1n) is 12.7. The fraction of sp³-hybridized carbons (Fsp3) is 0.438. The molecule has 37 heavy (non-hydrogen) atoms. The van der Waals surface area contributed by atoms with Crippen molar-refractivity contribution in [3.05, 3.63) is 88.5 Å². The third-order valence-corrected chi connectivity index (χ3v) is 7.10. The van der Waals surface area contributed by atoms with Crippen LogP contribution >= 0.6 is 0 Å². The van der Waals surface area contributed by atoms with Crippen molar-refractivity contribution in [2.75, 3.05) is 21.3 Å². The van der Waals surface area contributed by atoms with Crippen LogP contribution in [0.4, 0.5) is 0 Å². The summed E-state index contributed by atoms with van der Waals surface area (Å²) in [5.74, 6) is 1.92. The first-order valence-corrected chi connectivity index (χ1v) is 12.7. The maximum Gasteiger partial charge on any atom is 0.137 e. The molecule has 0 saturated heterocycles. The predicted octanol–water partition coefficient (Wildman–Crippen LogP) is 6.11. The van der Waals surface area contributed by atoms with Gasteiger partial charge in [-0.05, 0) is 70.3 Å². The number of methoxy groups -OCH3 is 3. The van der Waals surface area contributed by atoms with E-state index in [9.17, 15) is 5.11 Å². The molecule has 0 aliphatic rings. The molecule has 0 aliphatic carbocycles. The summed E-state index contributed by atoms with van der Waals surface area (Å²) in [5.41, 5.74) is 9.47. The number of ether oxygens (including phenoxy) is 3. The van der Waals surface area contributed by atoms with Gasteiger partial charge in [-0.2, -0.15) is 0 Å². The molecule has 0 aromatic heterocycles. The van der Waals surface area contributed by atoms with Crippen LogP contribution in [0, 0.1) is 0 Å². The third-order valence-electron chi connectivity index (χ3n) is 7.10. The van der Waals surface area contributed by atoms with Crippen molar-refractivity contribution >= 4 is 0 Å². The summed E-state index contributed by atoms with van der Waals surface area (Å²) < 4.78 is 16.9. The van der Waals surface area contributed by atoms with Gasteiger partial charge in [0.25, 0.3) is 0 Å². The molecule has 1 unspecified atom stereocenters. The minimum absolute atomic E-state index is 0.140. The highest BCUT2D eigenvalue weighted by molar-refractivity contribution is 5.55. The molecule has 0 amide bonds. The summed E-state index contributed by atoms with van der Waals surface area (Å²) in [7, 11) is 4.88. The van der Waals surface area contributed by atoms with E-state index in [1.165, 1.54) is 0 Å². The molecule has 0 aliphatic heterocycles. The van der Waals surface area contributed by atoms with Gasteiger partial charge in [-0.15, -0.1) is 0 Å². The molecule has 3 N–H and O–H groups in total. The zero-order valence-corrected chi connectivity index (χ0v) is 23.8. The monoisotopic (exact) mass is 505 g/mol. The van der Waals surface area contributed by atoms with Crippen molar-refractivity contribution in [1.29, 1.82) is 0 Å². The van der Waals surface area contributed by atoms with Crippen LogP contribution in [-0.4, -0.2) is 32.5 Å². The van der Waals surface area contributed by atoms with E-state index >= 15 is 0 Å². The van der Waals surface area contributed by atoms with E-state index in [2.05, 4.69) is 41.5 Å². The van der Waals surface area contributed by atoms with Gasteiger partial charge in [0.15, 0.2) is 0 Å². The maximum atomic E-state index is 12.9. The third kappa shape index (κ3) is 5.94. The Hall–Kier alpha value is -3.02. The number of hydrogen-bond acceptors (Lipinski definition) is 5. The smallest absolute Gasteiger partial charge is 0.137 e. The molecule has 0 bridgehead atoms. The molecule has 3 aromatic rings. The zero-order chi connectivity index (χ0) is 27.6. The largest absolute Gasteiger partial charge is 0.497 e. The average Bonchev–Trinajstić information content (AvgIpc) is 2.86. The van der Waals surface area contributed by atoms with Crippen molar-refractivity contribution in [3.63, 3.8) is 0 Å². The molecule has 0 spiro atoms.